The molecule has 1 saturated carbocycles. The van der Waals surface area contributed by atoms with E-state index >= 15 is 0 Å². The van der Waals surface area contributed by atoms with Crippen LogP contribution in [0.3, 0.4) is 0 Å². The van der Waals surface area contributed by atoms with E-state index in [9.17, 15) is 29.1 Å². The molecule has 3 fully saturated rings. The number of hydrogen-bond acceptors (Lipinski definition) is 7. The minimum atomic E-state index is -0.976. The summed E-state index contributed by atoms with van der Waals surface area (Å²) in [5.74, 6) is -2.93. The molecule has 0 bridgehead atoms. The zero-order chi connectivity index (χ0) is 24.0. The molecule has 180 valence electrons. The quantitative estimate of drug-likeness (QED) is 0.623. The Balaban J connectivity index is 1.29. The van der Waals surface area contributed by atoms with Crippen molar-refractivity contribution in [3.05, 3.63) is 29.3 Å². The van der Waals surface area contributed by atoms with E-state index in [1.807, 2.05) is 6.07 Å². The highest BCUT2D eigenvalue weighted by Gasteiger charge is 2.46. The standard InChI is InChI=1S/C24H28N4O6/c29-19-9-8-18(21(30)25-19)28-22(31)16-2-1-3-17(20(16)23(28)32)27-12-10-26(11-13-27)15-6-4-14(5-7-15)24(33)34/h1-3,14-15,18H,4-13H2,(H,33,34)(H,25,29,30). The van der Waals surface area contributed by atoms with Gasteiger partial charge in [-0.15, -0.1) is 0 Å². The molecule has 0 spiro atoms. The molecular formula is C24H28N4O6. The zero-order valence-electron chi connectivity index (χ0n) is 18.9. The Morgan fingerprint density at radius 1 is 0.912 bits per heavy atom. The maximum atomic E-state index is 13.3. The van der Waals surface area contributed by atoms with Crippen LogP contribution in [0.4, 0.5) is 5.69 Å². The highest BCUT2D eigenvalue weighted by atomic mass is 16.4. The Hall–Kier alpha value is -3.27. The van der Waals surface area contributed by atoms with Gasteiger partial charge in [0.1, 0.15) is 6.04 Å². The number of carboxylic acids is 1. The third kappa shape index (κ3) is 3.85. The summed E-state index contributed by atoms with van der Waals surface area (Å²) in [5.41, 5.74) is 1.31. The second-order valence-corrected chi connectivity index (χ2v) is 9.51. The van der Waals surface area contributed by atoms with Crippen LogP contribution in [-0.2, 0) is 14.4 Å². The first-order valence-corrected chi connectivity index (χ1v) is 11.9. The maximum Gasteiger partial charge on any atom is 0.306 e. The van der Waals surface area contributed by atoms with Gasteiger partial charge in [-0.2, -0.15) is 0 Å². The zero-order valence-corrected chi connectivity index (χ0v) is 18.9. The van der Waals surface area contributed by atoms with Gasteiger partial charge in [-0.1, -0.05) is 6.07 Å². The van der Waals surface area contributed by atoms with Crippen molar-refractivity contribution >= 4 is 35.3 Å². The number of rotatable bonds is 4. The lowest BCUT2D eigenvalue weighted by Gasteiger charge is -2.42. The van der Waals surface area contributed by atoms with Crippen LogP contribution in [-0.4, -0.2) is 82.8 Å². The van der Waals surface area contributed by atoms with Gasteiger partial charge in [0.2, 0.25) is 11.8 Å². The number of aliphatic carboxylic acids is 1. The molecule has 3 aliphatic heterocycles. The van der Waals surface area contributed by atoms with Crippen molar-refractivity contribution in [1.82, 2.24) is 15.1 Å². The summed E-state index contributed by atoms with van der Waals surface area (Å²) >= 11 is 0. The minimum absolute atomic E-state index is 0.0903. The number of carbonyl (C=O) groups excluding carboxylic acids is 4. The molecule has 4 amide bonds. The lowest BCUT2D eigenvalue weighted by atomic mass is 9.85. The third-order valence-electron chi connectivity index (χ3n) is 7.66. The minimum Gasteiger partial charge on any atom is -0.481 e. The predicted octanol–water partition coefficient (Wildman–Crippen LogP) is 0.853. The average molecular weight is 469 g/mol. The fraction of sp³-hybridized carbons (Fsp3) is 0.542. The molecule has 0 radical (unpaired) electrons. The molecule has 1 atom stereocenters. The summed E-state index contributed by atoms with van der Waals surface area (Å²) in [7, 11) is 0. The van der Waals surface area contributed by atoms with E-state index in [0.717, 1.165) is 30.8 Å². The Morgan fingerprint density at radius 3 is 2.26 bits per heavy atom. The van der Waals surface area contributed by atoms with Crippen LogP contribution in [0, 0.1) is 5.92 Å². The number of piperidine rings is 1. The van der Waals surface area contributed by atoms with Gasteiger partial charge in [-0.3, -0.25) is 39.1 Å². The van der Waals surface area contributed by atoms with E-state index in [2.05, 4.69) is 15.1 Å². The third-order valence-corrected chi connectivity index (χ3v) is 7.66. The Bertz CT molecular complexity index is 1060. The number of carbonyl (C=O) groups is 5. The first-order chi connectivity index (χ1) is 16.3. The molecule has 1 aromatic carbocycles. The molecule has 5 rings (SSSR count). The Kier molecular flexibility index (Phi) is 5.85. The van der Waals surface area contributed by atoms with Gasteiger partial charge in [0.25, 0.3) is 11.8 Å². The molecule has 2 saturated heterocycles. The Labute approximate surface area is 196 Å². The van der Waals surface area contributed by atoms with Crippen molar-refractivity contribution in [2.75, 3.05) is 31.1 Å². The number of benzene rings is 1. The average Bonchev–Trinajstić information content (AvgIpc) is 3.09. The SMILES string of the molecule is O=C1CCC(N2C(=O)c3cccc(N4CCN(C5CCC(C(=O)O)CC5)CC4)c3C2=O)C(=O)N1. The lowest BCUT2D eigenvalue weighted by molar-refractivity contribution is -0.143. The summed E-state index contributed by atoms with van der Waals surface area (Å²) in [6.07, 6.45) is 3.40. The number of piperazine rings is 1. The number of nitrogens with one attached hydrogen (secondary N) is 1. The molecular weight excluding hydrogens is 440 g/mol. The number of amides is 4. The molecule has 1 aliphatic carbocycles. The fourth-order valence-corrected chi connectivity index (χ4v) is 5.78. The van der Waals surface area contributed by atoms with Crippen LogP contribution in [0.5, 0.6) is 0 Å². The van der Waals surface area contributed by atoms with Crippen molar-refractivity contribution in [2.24, 2.45) is 5.92 Å². The first kappa shape index (κ1) is 22.5. The van der Waals surface area contributed by atoms with Gasteiger partial charge in [-0.25, -0.2) is 0 Å². The molecule has 0 aromatic heterocycles. The van der Waals surface area contributed by atoms with Gasteiger partial charge in [0.15, 0.2) is 0 Å². The second-order valence-electron chi connectivity index (χ2n) is 9.51. The molecule has 3 heterocycles. The van der Waals surface area contributed by atoms with Crippen LogP contribution in [0.1, 0.15) is 59.2 Å². The summed E-state index contributed by atoms with van der Waals surface area (Å²) in [5, 5.41) is 11.5. The maximum absolute atomic E-state index is 13.3. The summed E-state index contributed by atoms with van der Waals surface area (Å²) < 4.78 is 0. The van der Waals surface area contributed by atoms with E-state index < -0.39 is 35.6 Å². The highest BCUT2D eigenvalue weighted by Crippen LogP contribution is 2.35. The summed E-state index contributed by atoms with van der Waals surface area (Å²) in [6.45, 7) is 2.97. The molecule has 10 heteroatoms. The normalized spacial score (nSPS) is 28.2. The van der Waals surface area contributed by atoms with E-state index in [-0.39, 0.29) is 18.8 Å². The molecule has 4 aliphatic rings. The number of imide groups is 2. The van der Waals surface area contributed by atoms with Gasteiger partial charge in [0, 0.05) is 38.6 Å². The second kappa shape index (κ2) is 8.83. The van der Waals surface area contributed by atoms with Gasteiger partial charge < -0.3 is 10.0 Å². The van der Waals surface area contributed by atoms with Crippen molar-refractivity contribution in [1.29, 1.82) is 0 Å². The first-order valence-electron chi connectivity index (χ1n) is 11.9. The molecule has 2 N–H and O–H groups in total. The smallest absolute Gasteiger partial charge is 0.306 e. The van der Waals surface area contributed by atoms with Crippen molar-refractivity contribution in [3.63, 3.8) is 0 Å². The molecule has 34 heavy (non-hydrogen) atoms. The van der Waals surface area contributed by atoms with Crippen LogP contribution in [0.25, 0.3) is 0 Å². The number of anilines is 1. The van der Waals surface area contributed by atoms with Gasteiger partial charge in [0.05, 0.1) is 22.7 Å². The lowest BCUT2D eigenvalue weighted by Crippen LogP contribution is -2.54. The van der Waals surface area contributed by atoms with E-state index in [4.69, 9.17) is 0 Å². The summed E-state index contributed by atoms with van der Waals surface area (Å²) in [6, 6.07) is 4.61. The van der Waals surface area contributed by atoms with E-state index in [1.165, 1.54) is 0 Å². The van der Waals surface area contributed by atoms with E-state index in [0.29, 0.717) is 48.8 Å². The number of nitrogens with zero attached hydrogens (tertiary/aromatic N) is 3. The molecule has 1 unspecified atom stereocenters. The van der Waals surface area contributed by atoms with Crippen LogP contribution >= 0.6 is 0 Å². The monoisotopic (exact) mass is 468 g/mol. The van der Waals surface area contributed by atoms with Gasteiger partial charge >= 0.3 is 5.97 Å². The number of carboxylic acid groups (broad SMARTS) is 1. The Morgan fingerprint density at radius 2 is 1.62 bits per heavy atom. The van der Waals surface area contributed by atoms with Crippen molar-refractivity contribution < 1.29 is 29.1 Å². The number of hydrogen-bond donors (Lipinski definition) is 2. The van der Waals surface area contributed by atoms with Crippen LogP contribution in [0.2, 0.25) is 0 Å². The summed E-state index contributed by atoms with van der Waals surface area (Å²) in [4.78, 5) is 67.0. The molecule has 10 nitrogen and oxygen atoms in total. The highest BCUT2D eigenvalue weighted by molar-refractivity contribution is 6.25. The van der Waals surface area contributed by atoms with Crippen molar-refractivity contribution in [2.45, 2.75) is 50.6 Å². The molecule has 1 aromatic rings. The van der Waals surface area contributed by atoms with Gasteiger partial charge in [-0.05, 0) is 44.2 Å². The fourth-order valence-electron chi connectivity index (χ4n) is 5.78. The van der Waals surface area contributed by atoms with E-state index in [1.54, 1.807) is 12.1 Å². The van der Waals surface area contributed by atoms with Crippen molar-refractivity contribution in [3.8, 4) is 0 Å². The number of fused-ring (bicyclic) bond motifs is 1. The predicted molar refractivity (Wildman–Crippen MR) is 120 cm³/mol. The van der Waals surface area contributed by atoms with Crippen LogP contribution in [0.15, 0.2) is 18.2 Å². The largest absolute Gasteiger partial charge is 0.481 e. The topological polar surface area (TPSA) is 127 Å². The van der Waals surface area contributed by atoms with Crippen LogP contribution < -0.4 is 10.2 Å².